The molecule has 3 aromatic heterocycles. The number of aromatic nitrogens is 3. The predicted molar refractivity (Wildman–Crippen MR) is 120 cm³/mol. The molecule has 0 saturated carbocycles. The smallest absolute Gasteiger partial charge is 0.291 e. The first-order valence-corrected chi connectivity index (χ1v) is 11.6. The standard InChI is InChI=1S/C23H17F4N5O2S/c1-13-9-16-17(11-28)22(32(20(16)10-18(13)24)21-5-3-4-8-29-21)19-7-6-15(12-30-19)35(33,34)31-14(2)23(25,26)27/h3-10,12,14,31H,1-2H3/t14-/m0/s1. The molecule has 7 nitrogen and oxygen atoms in total. The molecule has 0 aliphatic rings. The van der Waals surface area contributed by atoms with Crippen molar-refractivity contribution >= 4 is 20.9 Å². The van der Waals surface area contributed by atoms with Crippen molar-refractivity contribution < 1.29 is 26.0 Å². The van der Waals surface area contributed by atoms with Crippen LogP contribution in [-0.2, 0) is 10.0 Å². The van der Waals surface area contributed by atoms with E-state index in [9.17, 15) is 31.2 Å². The third-order valence-corrected chi connectivity index (χ3v) is 6.88. The summed E-state index contributed by atoms with van der Waals surface area (Å²) in [6, 6.07) is 9.95. The maximum Gasteiger partial charge on any atom is 0.404 e. The van der Waals surface area contributed by atoms with Gasteiger partial charge in [0.25, 0.3) is 0 Å². The summed E-state index contributed by atoms with van der Waals surface area (Å²) < 4.78 is 80.8. The van der Waals surface area contributed by atoms with Gasteiger partial charge in [-0.05, 0) is 55.8 Å². The molecule has 1 N–H and O–H groups in total. The molecule has 3 heterocycles. The Kier molecular flexibility index (Phi) is 6.08. The van der Waals surface area contributed by atoms with Crippen LogP contribution in [0.15, 0.2) is 59.8 Å². The van der Waals surface area contributed by atoms with Gasteiger partial charge < -0.3 is 0 Å². The second kappa shape index (κ2) is 8.75. The molecule has 1 atom stereocenters. The number of hydrogen-bond acceptors (Lipinski definition) is 5. The van der Waals surface area contributed by atoms with E-state index in [1.807, 2.05) is 0 Å². The summed E-state index contributed by atoms with van der Waals surface area (Å²) in [5.41, 5.74) is 1.19. The summed E-state index contributed by atoms with van der Waals surface area (Å²) in [6.07, 6.45) is -2.36. The van der Waals surface area contributed by atoms with Crippen LogP contribution in [0.25, 0.3) is 28.1 Å². The molecular weight excluding hydrogens is 486 g/mol. The summed E-state index contributed by atoms with van der Waals surface area (Å²) >= 11 is 0. The zero-order valence-corrected chi connectivity index (χ0v) is 19.1. The molecule has 0 aliphatic heterocycles. The number of nitrogens with zero attached hydrogens (tertiary/aromatic N) is 4. The van der Waals surface area contributed by atoms with Gasteiger partial charge in [0.05, 0.1) is 22.5 Å². The SMILES string of the molecule is Cc1cc2c(C#N)c(-c3ccc(S(=O)(=O)N[C@@H](C)C(F)(F)F)cn3)n(-c3ccccn3)c2cc1F. The van der Waals surface area contributed by atoms with Crippen LogP contribution in [0.5, 0.6) is 0 Å². The van der Waals surface area contributed by atoms with E-state index in [2.05, 4.69) is 16.0 Å². The van der Waals surface area contributed by atoms with Gasteiger partial charge in [-0.3, -0.25) is 9.55 Å². The Bertz CT molecular complexity index is 1560. The van der Waals surface area contributed by atoms with Crippen molar-refractivity contribution in [1.29, 1.82) is 5.26 Å². The van der Waals surface area contributed by atoms with E-state index in [1.54, 1.807) is 29.8 Å². The Balaban J connectivity index is 1.90. The fourth-order valence-corrected chi connectivity index (χ4v) is 4.72. The van der Waals surface area contributed by atoms with E-state index < -0.39 is 33.0 Å². The zero-order chi connectivity index (χ0) is 25.5. The molecule has 4 rings (SSSR count). The number of rotatable bonds is 5. The maximum absolute atomic E-state index is 14.5. The average molecular weight is 503 g/mol. The zero-order valence-electron chi connectivity index (χ0n) is 18.3. The molecule has 0 amide bonds. The highest BCUT2D eigenvalue weighted by Crippen LogP contribution is 2.36. The Labute approximate surface area is 197 Å². The monoisotopic (exact) mass is 503 g/mol. The molecule has 35 heavy (non-hydrogen) atoms. The number of nitrogens with one attached hydrogen (secondary N) is 1. The summed E-state index contributed by atoms with van der Waals surface area (Å²) in [5, 5.41) is 10.4. The van der Waals surface area contributed by atoms with Gasteiger partial charge in [0, 0.05) is 17.8 Å². The number of nitriles is 1. The van der Waals surface area contributed by atoms with E-state index in [-0.39, 0.29) is 17.0 Å². The first-order chi connectivity index (χ1) is 16.4. The number of aryl methyl sites for hydroxylation is 1. The molecule has 12 heteroatoms. The fraction of sp³-hybridized carbons (Fsp3) is 0.174. The Morgan fingerprint density at radius 3 is 2.46 bits per heavy atom. The largest absolute Gasteiger partial charge is 0.404 e. The molecule has 0 saturated heterocycles. The minimum Gasteiger partial charge on any atom is -0.291 e. The van der Waals surface area contributed by atoms with Gasteiger partial charge in [-0.1, -0.05) is 6.07 Å². The topological polar surface area (TPSA) is 101 Å². The first-order valence-electron chi connectivity index (χ1n) is 10.2. The molecule has 0 spiro atoms. The van der Waals surface area contributed by atoms with Crippen molar-refractivity contribution in [3.8, 4) is 23.3 Å². The molecule has 0 radical (unpaired) electrons. The van der Waals surface area contributed by atoms with Gasteiger partial charge >= 0.3 is 6.18 Å². The van der Waals surface area contributed by atoms with Crippen LogP contribution in [0.3, 0.4) is 0 Å². The van der Waals surface area contributed by atoms with Crippen LogP contribution >= 0.6 is 0 Å². The summed E-state index contributed by atoms with van der Waals surface area (Å²) in [7, 11) is -4.52. The number of benzene rings is 1. The molecule has 0 unspecified atom stereocenters. The number of hydrogen-bond donors (Lipinski definition) is 1. The van der Waals surface area contributed by atoms with Crippen molar-refractivity contribution in [3.63, 3.8) is 0 Å². The molecular formula is C23H17F4N5O2S. The van der Waals surface area contributed by atoms with Crippen molar-refractivity contribution in [2.45, 2.75) is 31.0 Å². The van der Waals surface area contributed by atoms with Crippen LogP contribution in [-0.4, -0.2) is 35.2 Å². The predicted octanol–water partition coefficient (Wildman–Crippen LogP) is 4.64. The Hall–Kier alpha value is -3.82. The van der Waals surface area contributed by atoms with Crippen molar-refractivity contribution in [2.24, 2.45) is 0 Å². The van der Waals surface area contributed by atoms with Crippen molar-refractivity contribution in [2.75, 3.05) is 0 Å². The number of fused-ring (bicyclic) bond motifs is 1. The fourth-order valence-electron chi connectivity index (χ4n) is 3.54. The lowest BCUT2D eigenvalue weighted by atomic mass is 10.1. The number of sulfonamides is 1. The maximum atomic E-state index is 14.5. The van der Waals surface area contributed by atoms with Crippen LogP contribution in [0.1, 0.15) is 18.1 Å². The summed E-state index contributed by atoms with van der Waals surface area (Å²) in [5.74, 6) is -0.140. The Morgan fingerprint density at radius 1 is 1.14 bits per heavy atom. The van der Waals surface area contributed by atoms with Gasteiger partial charge in [0.15, 0.2) is 0 Å². The average Bonchev–Trinajstić information content (AvgIpc) is 3.12. The highest BCUT2D eigenvalue weighted by Gasteiger charge is 2.39. The number of halogens is 4. The molecule has 1 aromatic carbocycles. The van der Waals surface area contributed by atoms with Gasteiger partial charge in [-0.2, -0.15) is 23.2 Å². The van der Waals surface area contributed by atoms with E-state index in [0.29, 0.717) is 29.2 Å². The quantitative estimate of drug-likeness (QED) is 0.400. The number of alkyl halides is 3. The third-order valence-electron chi connectivity index (χ3n) is 5.35. The van der Waals surface area contributed by atoms with E-state index in [1.165, 1.54) is 29.0 Å². The van der Waals surface area contributed by atoms with Crippen LogP contribution in [0, 0.1) is 24.1 Å². The van der Waals surface area contributed by atoms with E-state index in [0.717, 1.165) is 12.3 Å². The second-order valence-electron chi connectivity index (χ2n) is 7.74. The normalized spacial score (nSPS) is 13.1. The van der Waals surface area contributed by atoms with Crippen LogP contribution < -0.4 is 4.72 Å². The van der Waals surface area contributed by atoms with Gasteiger partial charge in [-0.25, -0.2) is 17.8 Å². The van der Waals surface area contributed by atoms with Crippen molar-refractivity contribution in [3.05, 3.63) is 71.8 Å². The first kappa shape index (κ1) is 24.3. The molecule has 180 valence electrons. The lowest BCUT2D eigenvalue weighted by Crippen LogP contribution is -2.42. The molecule has 0 aliphatic carbocycles. The second-order valence-corrected chi connectivity index (χ2v) is 9.46. The summed E-state index contributed by atoms with van der Waals surface area (Å²) in [4.78, 5) is 7.93. The third kappa shape index (κ3) is 4.48. The summed E-state index contributed by atoms with van der Waals surface area (Å²) in [6.45, 7) is 2.24. The highest BCUT2D eigenvalue weighted by atomic mass is 32.2. The minimum absolute atomic E-state index is 0.143. The van der Waals surface area contributed by atoms with Crippen LogP contribution in [0.4, 0.5) is 17.6 Å². The van der Waals surface area contributed by atoms with Gasteiger partial charge in [0.2, 0.25) is 10.0 Å². The molecule has 0 bridgehead atoms. The van der Waals surface area contributed by atoms with Gasteiger partial charge in [0.1, 0.15) is 28.6 Å². The van der Waals surface area contributed by atoms with E-state index >= 15 is 0 Å². The Morgan fingerprint density at radius 2 is 1.89 bits per heavy atom. The molecule has 0 fully saturated rings. The minimum atomic E-state index is -4.76. The highest BCUT2D eigenvalue weighted by molar-refractivity contribution is 7.89. The lowest BCUT2D eigenvalue weighted by Gasteiger charge is -2.17. The van der Waals surface area contributed by atoms with Gasteiger partial charge in [-0.15, -0.1) is 0 Å². The van der Waals surface area contributed by atoms with E-state index in [4.69, 9.17) is 0 Å². The molecule has 4 aromatic rings. The number of pyridine rings is 2. The lowest BCUT2D eigenvalue weighted by molar-refractivity contribution is -0.147. The van der Waals surface area contributed by atoms with Crippen LogP contribution in [0.2, 0.25) is 0 Å². The van der Waals surface area contributed by atoms with Crippen molar-refractivity contribution in [1.82, 2.24) is 19.3 Å².